The third-order valence-electron chi connectivity index (χ3n) is 4.35. The molecule has 1 heterocycles. The Morgan fingerprint density at radius 2 is 1.94 bits per heavy atom. The summed E-state index contributed by atoms with van der Waals surface area (Å²) >= 11 is 0. The summed E-state index contributed by atoms with van der Waals surface area (Å²) < 4.78 is 0. The van der Waals surface area contributed by atoms with Gasteiger partial charge in [-0.15, -0.1) is 0 Å². The van der Waals surface area contributed by atoms with Gasteiger partial charge in [0.25, 0.3) is 0 Å². The summed E-state index contributed by atoms with van der Waals surface area (Å²) in [6.45, 7) is 8.19. The molecule has 2 nitrogen and oxygen atoms in total. The minimum absolute atomic E-state index is 0.226. The summed E-state index contributed by atoms with van der Waals surface area (Å²) in [5.74, 6) is 0. The molecule has 2 heteroatoms. The lowest BCUT2D eigenvalue weighted by molar-refractivity contribution is 0.109. The molecule has 1 aliphatic rings. The van der Waals surface area contributed by atoms with Gasteiger partial charge in [0.05, 0.1) is 0 Å². The number of likely N-dealkylation sites (N-methyl/N-ethyl adjacent to an activating group) is 1. The van der Waals surface area contributed by atoms with Crippen LogP contribution in [0.5, 0.6) is 0 Å². The highest BCUT2D eigenvalue weighted by Gasteiger charge is 2.42. The quantitative estimate of drug-likeness (QED) is 0.862. The molecule has 1 saturated heterocycles. The first-order chi connectivity index (χ1) is 8.07. The number of rotatable bonds is 3. The van der Waals surface area contributed by atoms with Crippen molar-refractivity contribution in [3.8, 4) is 0 Å². The molecule has 0 spiro atoms. The van der Waals surface area contributed by atoms with E-state index in [0.29, 0.717) is 12.1 Å². The lowest BCUT2D eigenvalue weighted by Crippen LogP contribution is -2.50. The Bertz CT molecular complexity index is 358. The molecule has 17 heavy (non-hydrogen) atoms. The Labute approximate surface area is 105 Å². The van der Waals surface area contributed by atoms with Crippen molar-refractivity contribution in [2.45, 2.75) is 44.8 Å². The van der Waals surface area contributed by atoms with E-state index in [1.54, 1.807) is 0 Å². The first kappa shape index (κ1) is 12.6. The van der Waals surface area contributed by atoms with Crippen molar-refractivity contribution in [1.29, 1.82) is 0 Å². The monoisotopic (exact) mass is 232 g/mol. The first-order valence-electron chi connectivity index (χ1n) is 6.56. The van der Waals surface area contributed by atoms with Gasteiger partial charge in [0.15, 0.2) is 0 Å². The Hall–Kier alpha value is -0.860. The second-order valence-corrected chi connectivity index (χ2v) is 5.56. The molecule has 1 fully saturated rings. The van der Waals surface area contributed by atoms with Gasteiger partial charge in [-0.05, 0) is 39.8 Å². The molecule has 0 aromatic heterocycles. The second kappa shape index (κ2) is 4.79. The van der Waals surface area contributed by atoms with Crippen molar-refractivity contribution in [3.63, 3.8) is 0 Å². The summed E-state index contributed by atoms with van der Waals surface area (Å²) in [6.07, 6.45) is 1.24. The van der Waals surface area contributed by atoms with Crippen molar-refractivity contribution in [2.24, 2.45) is 0 Å². The van der Waals surface area contributed by atoms with E-state index in [-0.39, 0.29) is 5.54 Å². The molecule has 0 saturated carbocycles. The van der Waals surface area contributed by atoms with Crippen LogP contribution < -0.4 is 5.32 Å². The zero-order valence-electron chi connectivity index (χ0n) is 11.4. The highest BCUT2D eigenvalue weighted by Crippen LogP contribution is 2.36. The minimum atomic E-state index is 0.226. The standard InChI is InChI=1S/C15H24N2/c1-12(13-8-6-5-7-9-13)17-11-10-14(16-4)15(17,2)3/h5-9,12,14,16H,10-11H2,1-4H3. The molecule has 2 unspecified atom stereocenters. The van der Waals surface area contributed by atoms with Crippen molar-refractivity contribution in [3.05, 3.63) is 35.9 Å². The lowest BCUT2D eigenvalue weighted by atomic mass is 9.94. The van der Waals surface area contributed by atoms with Crippen molar-refractivity contribution in [2.75, 3.05) is 13.6 Å². The van der Waals surface area contributed by atoms with E-state index in [1.165, 1.54) is 18.5 Å². The maximum atomic E-state index is 3.45. The van der Waals surface area contributed by atoms with Crippen LogP contribution in [0.1, 0.15) is 38.8 Å². The predicted octanol–water partition coefficient (Wildman–Crippen LogP) is 2.82. The molecule has 0 radical (unpaired) electrons. The summed E-state index contributed by atoms with van der Waals surface area (Å²) in [4.78, 5) is 2.61. The van der Waals surface area contributed by atoms with Gasteiger partial charge in [0, 0.05) is 24.2 Å². The van der Waals surface area contributed by atoms with Crippen LogP contribution in [-0.4, -0.2) is 30.1 Å². The van der Waals surface area contributed by atoms with E-state index in [0.717, 1.165) is 0 Å². The SMILES string of the molecule is CNC1CCN(C(C)c2ccccc2)C1(C)C. The summed E-state index contributed by atoms with van der Waals surface area (Å²) in [5.41, 5.74) is 1.64. The van der Waals surface area contributed by atoms with Crippen LogP contribution in [0.4, 0.5) is 0 Å². The Kier molecular flexibility index (Phi) is 3.55. The predicted molar refractivity (Wildman–Crippen MR) is 73.1 cm³/mol. The Morgan fingerprint density at radius 3 is 2.47 bits per heavy atom. The van der Waals surface area contributed by atoms with Gasteiger partial charge >= 0.3 is 0 Å². The summed E-state index contributed by atoms with van der Waals surface area (Å²) in [6, 6.07) is 11.9. The number of nitrogens with one attached hydrogen (secondary N) is 1. The molecule has 0 amide bonds. The second-order valence-electron chi connectivity index (χ2n) is 5.56. The van der Waals surface area contributed by atoms with Crippen molar-refractivity contribution in [1.82, 2.24) is 10.2 Å². The fourth-order valence-corrected chi connectivity index (χ4v) is 3.21. The molecule has 1 aliphatic heterocycles. The average Bonchev–Trinajstić information content (AvgIpc) is 2.64. The number of benzene rings is 1. The van der Waals surface area contributed by atoms with Crippen LogP contribution >= 0.6 is 0 Å². The molecule has 1 aromatic rings. The molecule has 2 atom stereocenters. The maximum Gasteiger partial charge on any atom is 0.0325 e. The van der Waals surface area contributed by atoms with E-state index in [2.05, 4.69) is 68.4 Å². The third-order valence-corrected chi connectivity index (χ3v) is 4.35. The molecule has 0 aliphatic carbocycles. The molecule has 2 rings (SSSR count). The van der Waals surface area contributed by atoms with Gasteiger partial charge in [-0.25, -0.2) is 0 Å². The fraction of sp³-hybridized carbons (Fsp3) is 0.600. The van der Waals surface area contributed by atoms with Crippen LogP contribution in [0.2, 0.25) is 0 Å². The van der Waals surface area contributed by atoms with Crippen LogP contribution in [0.3, 0.4) is 0 Å². The zero-order valence-corrected chi connectivity index (χ0v) is 11.4. The first-order valence-corrected chi connectivity index (χ1v) is 6.56. The van der Waals surface area contributed by atoms with Gasteiger partial charge in [-0.1, -0.05) is 30.3 Å². The summed E-state index contributed by atoms with van der Waals surface area (Å²) in [5, 5.41) is 3.45. The third kappa shape index (κ3) is 2.24. The summed E-state index contributed by atoms with van der Waals surface area (Å²) in [7, 11) is 2.07. The fourth-order valence-electron chi connectivity index (χ4n) is 3.21. The molecular formula is C15H24N2. The van der Waals surface area contributed by atoms with Crippen molar-refractivity contribution < 1.29 is 0 Å². The van der Waals surface area contributed by atoms with E-state index in [9.17, 15) is 0 Å². The maximum absolute atomic E-state index is 3.45. The van der Waals surface area contributed by atoms with E-state index in [4.69, 9.17) is 0 Å². The van der Waals surface area contributed by atoms with E-state index >= 15 is 0 Å². The molecule has 1 aromatic carbocycles. The van der Waals surface area contributed by atoms with Gasteiger partial charge in [-0.2, -0.15) is 0 Å². The Morgan fingerprint density at radius 1 is 1.29 bits per heavy atom. The topological polar surface area (TPSA) is 15.3 Å². The van der Waals surface area contributed by atoms with Gasteiger partial charge < -0.3 is 5.32 Å². The van der Waals surface area contributed by atoms with E-state index in [1.807, 2.05) is 0 Å². The molecule has 94 valence electrons. The lowest BCUT2D eigenvalue weighted by Gasteiger charge is -2.40. The van der Waals surface area contributed by atoms with Crippen molar-refractivity contribution >= 4 is 0 Å². The highest BCUT2D eigenvalue weighted by atomic mass is 15.3. The van der Waals surface area contributed by atoms with Gasteiger partial charge in [-0.3, -0.25) is 4.90 Å². The number of nitrogens with zero attached hydrogens (tertiary/aromatic N) is 1. The van der Waals surface area contributed by atoms with Crippen LogP contribution in [0, 0.1) is 0 Å². The number of likely N-dealkylation sites (tertiary alicyclic amines) is 1. The minimum Gasteiger partial charge on any atom is -0.315 e. The van der Waals surface area contributed by atoms with Gasteiger partial charge in [0.1, 0.15) is 0 Å². The molecule has 0 bridgehead atoms. The Balaban J connectivity index is 2.19. The van der Waals surface area contributed by atoms with E-state index < -0.39 is 0 Å². The van der Waals surface area contributed by atoms with Crippen LogP contribution in [0.15, 0.2) is 30.3 Å². The van der Waals surface area contributed by atoms with Crippen LogP contribution in [0.25, 0.3) is 0 Å². The molecule has 1 N–H and O–H groups in total. The normalized spacial score (nSPS) is 26.0. The zero-order chi connectivity index (χ0) is 12.5. The highest BCUT2D eigenvalue weighted by molar-refractivity contribution is 5.20. The van der Waals surface area contributed by atoms with Crippen LogP contribution in [-0.2, 0) is 0 Å². The molecular weight excluding hydrogens is 208 g/mol. The van der Waals surface area contributed by atoms with Gasteiger partial charge in [0.2, 0.25) is 0 Å². The number of hydrogen-bond donors (Lipinski definition) is 1. The largest absolute Gasteiger partial charge is 0.315 e. The average molecular weight is 232 g/mol. The smallest absolute Gasteiger partial charge is 0.0325 e. The number of hydrogen-bond acceptors (Lipinski definition) is 2.